The Kier molecular flexibility index (Phi) is 5.79. The summed E-state index contributed by atoms with van der Waals surface area (Å²) < 4.78 is 0. The molecule has 22 heavy (non-hydrogen) atoms. The van der Waals surface area contributed by atoms with Crippen molar-refractivity contribution in [2.24, 2.45) is 11.1 Å². The molecule has 1 saturated heterocycles. The number of amides is 3. The Morgan fingerprint density at radius 1 is 1.32 bits per heavy atom. The van der Waals surface area contributed by atoms with Crippen molar-refractivity contribution in [2.45, 2.75) is 26.8 Å². The first-order chi connectivity index (χ1) is 9.79. The van der Waals surface area contributed by atoms with Crippen LogP contribution < -0.4 is 21.3 Å². The summed E-state index contributed by atoms with van der Waals surface area (Å²) in [7, 11) is 0. The third-order valence-electron chi connectivity index (χ3n) is 3.52. The lowest BCUT2D eigenvalue weighted by atomic mass is 9.87. The van der Waals surface area contributed by atoms with Gasteiger partial charge in [0.2, 0.25) is 5.91 Å². The molecule has 0 radical (unpaired) electrons. The zero-order valence-electron chi connectivity index (χ0n) is 13.1. The van der Waals surface area contributed by atoms with Crippen molar-refractivity contribution in [2.75, 3.05) is 23.3 Å². The molecule has 0 aliphatic carbocycles. The number of hydrogen-bond donors (Lipinski definition) is 3. The van der Waals surface area contributed by atoms with Gasteiger partial charge in [-0.2, -0.15) is 0 Å². The molecule has 0 bridgehead atoms. The van der Waals surface area contributed by atoms with Crippen molar-refractivity contribution in [3.63, 3.8) is 0 Å². The lowest BCUT2D eigenvalue weighted by Gasteiger charge is -2.25. The standard InChI is InChI=1S/C15H22N4O2.ClH/c1-15(2,3)12(16)13(20)18-10-4-6-11(7-5-10)19-9-8-17-14(19)21;/h4-7,12H,8-9,16H2,1-3H3,(H,17,21)(H,18,20);1H/t12-;/m1./s1. The van der Waals surface area contributed by atoms with Crippen LogP contribution in [0.4, 0.5) is 16.2 Å². The molecular formula is C15H23ClN4O2. The molecule has 122 valence electrons. The van der Waals surface area contributed by atoms with Crippen LogP contribution in [0.5, 0.6) is 0 Å². The highest BCUT2D eigenvalue weighted by molar-refractivity contribution is 5.96. The molecule has 1 aliphatic rings. The smallest absolute Gasteiger partial charge is 0.321 e. The highest BCUT2D eigenvalue weighted by Crippen LogP contribution is 2.21. The highest BCUT2D eigenvalue weighted by atomic mass is 35.5. The minimum absolute atomic E-state index is 0. The summed E-state index contributed by atoms with van der Waals surface area (Å²) in [6.07, 6.45) is 0. The van der Waals surface area contributed by atoms with Crippen LogP contribution in [-0.2, 0) is 4.79 Å². The second-order valence-electron chi connectivity index (χ2n) is 6.26. The third kappa shape index (κ3) is 4.11. The van der Waals surface area contributed by atoms with E-state index in [4.69, 9.17) is 5.73 Å². The molecule has 6 nitrogen and oxygen atoms in total. The Balaban J connectivity index is 0.00000242. The van der Waals surface area contributed by atoms with Crippen LogP contribution in [0.3, 0.4) is 0 Å². The summed E-state index contributed by atoms with van der Waals surface area (Å²) in [5.74, 6) is -0.214. The summed E-state index contributed by atoms with van der Waals surface area (Å²) >= 11 is 0. The van der Waals surface area contributed by atoms with E-state index in [0.717, 1.165) is 5.69 Å². The van der Waals surface area contributed by atoms with E-state index < -0.39 is 6.04 Å². The van der Waals surface area contributed by atoms with Gasteiger partial charge in [-0.25, -0.2) is 4.79 Å². The van der Waals surface area contributed by atoms with Gasteiger partial charge in [0.1, 0.15) is 0 Å². The Morgan fingerprint density at radius 2 is 1.91 bits per heavy atom. The van der Waals surface area contributed by atoms with E-state index in [1.807, 2.05) is 32.9 Å². The fourth-order valence-electron chi connectivity index (χ4n) is 2.06. The van der Waals surface area contributed by atoms with Crippen LogP contribution in [0.2, 0.25) is 0 Å². The van der Waals surface area contributed by atoms with E-state index >= 15 is 0 Å². The van der Waals surface area contributed by atoms with Crippen LogP contribution in [0.1, 0.15) is 20.8 Å². The van der Waals surface area contributed by atoms with Crippen LogP contribution in [0.25, 0.3) is 0 Å². The molecule has 0 unspecified atom stereocenters. The van der Waals surface area contributed by atoms with Crippen molar-refractivity contribution in [1.82, 2.24) is 5.32 Å². The van der Waals surface area contributed by atoms with Gasteiger partial charge in [0.15, 0.2) is 0 Å². The van der Waals surface area contributed by atoms with Crippen LogP contribution in [-0.4, -0.2) is 31.1 Å². The van der Waals surface area contributed by atoms with Gasteiger partial charge in [-0.15, -0.1) is 12.4 Å². The first-order valence-corrected chi connectivity index (χ1v) is 7.01. The summed E-state index contributed by atoms with van der Waals surface area (Å²) in [4.78, 5) is 25.3. The number of nitrogens with zero attached hydrogens (tertiary/aromatic N) is 1. The number of urea groups is 1. The number of benzene rings is 1. The Bertz CT molecular complexity index is 539. The number of carbonyl (C=O) groups excluding carboxylic acids is 2. The molecule has 3 amide bonds. The Hall–Kier alpha value is -1.79. The quantitative estimate of drug-likeness (QED) is 0.793. The van der Waals surface area contributed by atoms with Crippen molar-refractivity contribution in [3.8, 4) is 0 Å². The molecule has 1 heterocycles. The second-order valence-corrected chi connectivity index (χ2v) is 6.26. The number of rotatable bonds is 3. The van der Waals surface area contributed by atoms with Gasteiger partial charge in [-0.05, 0) is 29.7 Å². The zero-order chi connectivity index (χ0) is 15.6. The molecule has 0 aromatic heterocycles. The highest BCUT2D eigenvalue weighted by Gasteiger charge is 2.27. The van der Waals surface area contributed by atoms with Crippen molar-refractivity contribution < 1.29 is 9.59 Å². The molecule has 1 aliphatic heterocycles. The van der Waals surface area contributed by atoms with Crippen molar-refractivity contribution in [3.05, 3.63) is 24.3 Å². The fraction of sp³-hybridized carbons (Fsp3) is 0.467. The summed E-state index contributed by atoms with van der Waals surface area (Å²) in [6.45, 7) is 7.07. The third-order valence-corrected chi connectivity index (χ3v) is 3.52. The monoisotopic (exact) mass is 326 g/mol. The molecule has 0 saturated carbocycles. The summed E-state index contributed by atoms with van der Waals surface area (Å²) in [5.41, 5.74) is 7.10. The van der Waals surface area contributed by atoms with Crippen molar-refractivity contribution in [1.29, 1.82) is 0 Å². The summed E-state index contributed by atoms with van der Waals surface area (Å²) in [6, 6.07) is 6.48. The zero-order valence-corrected chi connectivity index (χ0v) is 13.9. The van der Waals surface area contributed by atoms with E-state index in [-0.39, 0.29) is 29.8 Å². The SMILES string of the molecule is CC(C)(C)[C@H](N)C(=O)Nc1ccc(N2CCNC2=O)cc1.Cl. The number of nitrogens with two attached hydrogens (primary N) is 1. The minimum Gasteiger partial charge on any atom is -0.336 e. The molecule has 1 aromatic carbocycles. The summed E-state index contributed by atoms with van der Waals surface area (Å²) in [5, 5.41) is 5.54. The number of nitrogens with one attached hydrogen (secondary N) is 2. The maximum Gasteiger partial charge on any atom is 0.321 e. The van der Waals surface area contributed by atoms with Crippen molar-refractivity contribution >= 4 is 35.7 Å². The first kappa shape index (κ1) is 18.3. The maximum atomic E-state index is 12.0. The molecule has 2 rings (SSSR count). The van der Waals surface area contributed by atoms with Crippen LogP contribution in [0.15, 0.2) is 24.3 Å². The molecule has 7 heteroatoms. The molecule has 1 atom stereocenters. The largest absolute Gasteiger partial charge is 0.336 e. The minimum atomic E-state index is -0.582. The number of anilines is 2. The van der Waals surface area contributed by atoms with Gasteiger partial charge >= 0.3 is 6.03 Å². The van der Waals surface area contributed by atoms with E-state index in [2.05, 4.69) is 10.6 Å². The van der Waals surface area contributed by atoms with Gasteiger partial charge in [-0.1, -0.05) is 20.8 Å². The molecule has 1 fully saturated rings. The first-order valence-electron chi connectivity index (χ1n) is 7.01. The fourth-order valence-corrected chi connectivity index (χ4v) is 2.06. The topological polar surface area (TPSA) is 87.5 Å². The Labute approximate surface area is 136 Å². The number of hydrogen-bond acceptors (Lipinski definition) is 3. The van der Waals surface area contributed by atoms with Gasteiger partial charge in [-0.3, -0.25) is 9.69 Å². The van der Waals surface area contributed by atoms with E-state index in [1.54, 1.807) is 17.0 Å². The predicted octanol–water partition coefficient (Wildman–Crippen LogP) is 1.95. The van der Waals surface area contributed by atoms with Gasteiger partial charge in [0.05, 0.1) is 6.04 Å². The average molecular weight is 327 g/mol. The van der Waals surface area contributed by atoms with Gasteiger partial charge < -0.3 is 16.4 Å². The van der Waals surface area contributed by atoms with Gasteiger partial charge in [0.25, 0.3) is 0 Å². The van der Waals surface area contributed by atoms with E-state index in [9.17, 15) is 9.59 Å². The molecule has 1 aromatic rings. The second kappa shape index (κ2) is 6.98. The molecular weight excluding hydrogens is 304 g/mol. The van der Waals surface area contributed by atoms with Crippen LogP contribution >= 0.6 is 12.4 Å². The molecule has 4 N–H and O–H groups in total. The Morgan fingerprint density at radius 3 is 2.36 bits per heavy atom. The van der Waals surface area contributed by atoms with E-state index in [0.29, 0.717) is 18.8 Å². The lowest BCUT2D eigenvalue weighted by Crippen LogP contribution is -2.45. The van der Waals surface area contributed by atoms with Gasteiger partial charge in [0, 0.05) is 24.5 Å². The molecule has 0 spiro atoms. The average Bonchev–Trinajstić information content (AvgIpc) is 2.84. The predicted molar refractivity (Wildman–Crippen MR) is 90.5 cm³/mol. The van der Waals surface area contributed by atoms with E-state index in [1.165, 1.54) is 0 Å². The normalized spacial score (nSPS) is 15.8. The number of carbonyl (C=O) groups is 2. The number of halogens is 1. The van der Waals surface area contributed by atoms with Crippen LogP contribution in [0, 0.1) is 5.41 Å². The lowest BCUT2D eigenvalue weighted by molar-refractivity contribution is -0.119. The maximum absolute atomic E-state index is 12.0.